The molecular weight excluding hydrogens is 497 g/mol. The molecule has 194 valence electrons. The molecule has 1 unspecified atom stereocenters. The van der Waals surface area contributed by atoms with Crippen molar-refractivity contribution in [1.29, 1.82) is 0 Å². The Labute approximate surface area is 208 Å². The lowest BCUT2D eigenvalue weighted by Crippen LogP contribution is -2.25. The van der Waals surface area contributed by atoms with Gasteiger partial charge in [0.15, 0.2) is 5.69 Å². The second-order valence-corrected chi connectivity index (χ2v) is 8.37. The number of ether oxygens (including phenoxy) is 1. The molecule has 0 aliphatic carbocycles. The quantitative estimate of drug-likeness (QED) is 0.277. The number of nitrogens with zero attached hydrogens (tertiary/aromatic N) is 2. The summed E-state index contributed by atoms with van der Waals surface area (Å²) in [4.78, 5) is 21.1. The second-order valence-electron chi connectivity index (χ2n) is 8.37. The Balaban J connectivity index is 1.75. The number of fused-ring (bicyclic) bond motifs is 1. The summed E-state index contributed by atoms with van der Waals surface area (Å²) in [6, 6.07) is 8.10. The zero-order valence-electron chi connectivity index (χ0n) is 20.0. The van der Waals surface area contributed by atoms with Crippen molar-refractivity contribution in [2.45, 2.75) is 38.9 Å². The number of aromatic nitrogens is 2. The van der Waals surface area contributed by atoms with Crippen LogP contribution in [0.2, 0.25) is 0 Å². The third-order valence-electron chi connectivity index (χ3n) is 5.94. The number of methoxy groups -OCH3 is 1. The number of alkyl halides is 3. The predicted octanol–water partition coefficient (Wildman–Crippen LogP) is 6.64. The van der Waals surface area contributed by atoms with Crippen LogP contribution in [0.3, 0.4) is 0 Å². The average molecular weight is 519 g/mol. The maximum atomic E-state index is 14.0. The summed E-state index contributed by atoms with van der Waals surface area (Å²) in [6.45, 7) is 3.49. The highest BCUT2D eigenvalue weighted by molar-refractivity contribution is 5.98. The molecule has 1 N–H and O–H groups in total. The van der Waals surface area contributed by atoms with Crippen molar-refractivity contribution < 1.29 is 35.9 Å². The van der Waals surface area contributed by atoms with Gasteiger partial charge in [0, 0.05) is 35.0 Å². The fourth-order valence-electron chi connectivity index (χ4n) is 3.75. The van der Waals surface area contributed by atoms with E-state index < -0.39 is 29.4 Å². The number of hydrogen-bond acceptors (Lipinski definition) is 5. The Kier molecular flexibility index (Phi) is 7.15. The van der Waals surface area contributed by atoms with Gasteiger partial charge < -0.3 is 14.5 Å². The van der Waals surface area contributed by atoms with E-state index >= 15 is 0 Å². The second kappa shape index (κ2) is 10.2. The topological polar surface area (TPSA) is 77.2 Å². The van der Waals surface area contributed by atoms with Gasteiger partial charge in [-0.1, -0.05) is 19.9 Å². The Morgan fingerprint density at radius 3 is 2.51 bits per heavy atom. The zero-order chi connectivity index (χ0) is 26.9. The molecule has 0 fully saturated rings. The molecule has 2 aromatic carbocycles. The van der Waals surface area contributed by atoms with Gasteiger partial charge >= 0.3 is 6.18 Å². The van der Waals surface area contributed by atoms with Gasteiger partial charge in [0.2, 0.25) is 5.89 Å². The van der Waals surface area contributed by atoms with Crippen molar-refractivity contribution in [2.24, 2.45) is 0 Å². The number of carbonyl (C=O) groups is 1. The Morgan fingerprint density at radius 2 is 1.86 bits per heavy atom. The standard InChI is InChI=1S/C26H22F5N3O3/c1-4-13(2)23-22(24(35)32-12-14-5-6-15(27)11-18(14)28)34-25(37-23)17-7-9-19(36-3)21-16(17)8-10-20(33-21)26(29,30)31/h5-11,13H,4,12H2,1-3H3,(H,32,35). The van der Waals surface area contributed by atoms with Gasteiger partial charge in [0.25, 0.3) is 5.91 Å². The molecule has 0 saturated heterocycles. The number of oxazole rings is 1. The highest BCUT2D eigenvalue weighted by atomic mass is 19.4. The number of nitrogens with one attached hydrogen (secondary N) is 1. The van der Waals surface area contributed by atoms with Crippen LogP contribution in [0.4, 0.5) is 22.0 Å². The monoisotopic (exact) mass is 519 g/mol. The van der Waals surface area contributed by atoms with E-state index in [1.165, 1.54) is 25.3 Å². The van der Waals surface area contributed by atoms with Gasteiger partial charge in [0.1, 0.15) is 34.4 Å². The summed E-state index contributed by atoms with van der Waals surface area (Å²) >= 11 is 0. The lowest BCUT2D eigenvalue weighted by atomic mass is 10.0. The maximum absolute atomic E-state index is 14.0. The van der Waals surface area contributed by atoms with E-state index in [1.54, 1.807) is 6.07 Å². The molecule has 0 radical (unpaired) electrons. The van der Waals surface area contributed by atoms with Gasteiger partial charge in [-0.25, -0.2) is 18.7 Å². The summed E-state index contributed by atoms with van der Waals surface area (Å²) in [7, 11) is 1.31. The van der Waals surface area contributed by atoms with E-state index in [4.69, 9.17) is 9.15 Å². The molecule has 0 aliphatic rings. The predicted molar refractivity (Wildman–Crippen MR) is 125 cm³/mol. The Bertz CT molecular complexity index is 1470. The van der Waals surface area contributed by atoms with Crippen LogP contribution in [-0.2, 0) is 12.7 Å². The number of halogens is 5. The Hall–Kier alpha value is -4.02. The number of pyridine rings is 1. The number of rotatable bonds is 7. The first-order valence-electron chi connectivity index (χ1n) is 11.3. The summed E-state index contributed by atoms with van der Waals surface area (Å²) in [6.07, 6.45) is -4.06. The molecule has 6 nitrogen and oxygen atoms in total. The largest absolute Gasteiger partial charge is 0.494 e. The molecule has 1 atom stereocenters. The van der Waals surface area contributed by atoms with Crippen molar-refractivity contribution in [3.63, 3.8) is 0 Å². The van der Waals surface area contributed by atoms with Gasteiger partial charge in [-0.3, -0.25) is 4.79 Å². The number of amides is 1. The molecule has 2 heterocycles. The first-order valence-corrected chi connectivity index (χ1v) is 11.3. The fraction of sp³-hybridized carbons (Fsp3) is 0.269. The first-order chi connectivity index (χ1) is 17.5. The molecule has 4 aromatic rings. The van der Waals surface area contributed by atoms with Gasteiger partial charge in [-0.2, -0.15) is 13.2 Å². The van der Waals surface area contributed by atoms with Crippen LogP contribution in [0.5, 0.6) is 5.75 Å². The average Bonchev–Trinajstić information content (AvgIpc) is 3.31. The molecule has 0 spiro atoms. The molecule has 11 heteroatoms. The summed E-state index contributed by atoms with van der Waals surface area (Å²) in [5, 5.41) is 2.84. The SMILES string of the molecule is CCC(C)c1oc(-c2ccc(OC)c3nc(C(F)(F)F)ccc23)nc1C(=O)NCc1ccc(F)cc1F. The minimum Gasteiger partial charge on any atom is -0.494 e. The van der Waals surface area contributed by atoms with Crippen LogP contribution in [0.25, 0.3) is 22.4 Å². The number of hydrogen-bond donors (Lipinski definition) is 1. The van der Waals surface area contributed by atoms with E-state index in [1.807, 2.05) is 13.8 Å². The lowest BCUT2D eigenvalue weighted by molar-refractivity contribution is -0.140. The fourth-order valence-corrected chi connectivity index (χ4v) is 3.75. The lowest BCUT2D eigenvalue weighted by Gasteiger charge is -2.11. The van der Waals surface area contributed by atoms with Gasteiger partial charge in [-0.15, -0.1) is 0 Å². The highest BCUT2D eigenvalue weighted by Gasteiger charge is 2.33. The van der Waals surface area contributed by atoms with Gasteiger partial charge in [0.05, 0.1) is 7.11 Å². The van der Waals surface area contributed by atoms with Crippen molar-refractivity contribution >= 4 is 16.8 Å². The van der Waals surface area contributed by atoms with Crippen LogP contribution < -0.4 is 10.1 Å². The molecule has 0 saturated carbocycles. The maximum Gasteiger partial charge on any atom is 0.433 e. The smallest absolute Gasteiger partial charge is 0.433 e. The van der Waals surface area contributed by atoms with Crippen LogP contribution in [-0.4, -0.2) is 23.0 Å². The molecule has 0 aliphatic heterocycles. The highest BCUT2D eigenvalue weighted by Crippen LogP contribution is 2.38. The normalized spacial score (nSPS) is 12.5. The van der Waals surface area contributed by atoms with E-state index in [2.05, 4.69) is 15.3 Å². The molecule has 4 rings (SSSR count). The van der Waals surface area contributed by atoms with Gasteiger partial charge in [-0.05, 0) is 36.8 Å². The van der Waals surface area contributed by atoms with Crippen molar-refractivity contribution in [3.8, 4) is 17.2 Å². The number of benzene rings is 2. The molecular formula is C26H22F5N3O3. The first kappa shape index (κ1) is 26.1. The third kappa shape index (κ3) is 5.25. The molecule has 0 bridgehead atoms. The van der Waals surface area contributed by atoms with Crippen LogP contribution in [0.15, 0.2) is 46.9 Å². The minimum atomic E-state index is -4.66. The molecule has 37 heavy (non-hydrogen) atoms. The summed E-state index contributed by atoms with van der Waals surface area (Å²) in [5.41, 5.74) is -0.788. The van der Waals surface area contributed by atoms with E-state index in [9.17, 15) is 26.7 Å². The third-order valence-corrected chi connectivity index (χ3v) is 5.94. The minimum absolute atomic E-state index is 0.00243. The number of carbonyl (C=O) groups excluding carboxylic acids is 1. The van der Waals surface area contributed by atoms with Crippen LogP contribution in [0.1, 0.15) is 53.7 Å². The van der Waals surface area contributed by atoms with Crippen molar-refractivity contribution in [3.05, 3.63) is 76.8 Å². The van der Waals surface area contributed by atoms with Crippen LogP contribution >= 0.6 is 0 Å². The van der Waals surface area contributed by atoms with Crippen molar-refractivity contribution in [2.75, 3.05) is 7.11 Å². The van der Waals surface area contributed by atoms with E-state index in [0.717, 1.165) is 12.1 Å². The molecule has 1 amide bonds. The summed E-state index contributed by atoms with van der Waals surface area (Å²) < 4.78 is 78.1. The summed E-state index contributed by atoms with van der Waals surface area (Å²) in [5.74, 6) is -2.04. The zero-order valence-corrected chi connectivity index (χ0v) is 20.0. The van der Waals surface area contributed by atoms with Crippen molar-refractivity contribution in [1.82, 2.24) is 15.3 Å². The van der Waals surface area contributed by atoms with E-state index in [0.29, 0.717) is 18.1 Å². The Morgan fingerprint density at radius 1 is 1.11 bits per heavy atom. The molecule has 2 aromatic heterocycles. The van der Waals surface area contributed by atoms with E-state index in [-0.39, 0.29) is 52.0 Å². The van der Waals surface area contributed by atoms with Crippen LogP contribution in [0, 0.1) is 11.6 Å².